The average Bonchev–Trinajstić information content (AvgIpc) is 3.42. The van der Waals surface area contributed by atoms with Crippen LogP contribution >= 0.6 is 11.8 Å². The quantitative estimate of drug-likeness (QED) is 0.328. The van der Waals surface area contributed by atoms with Crippen molar-refractivity contribution >= 4 is 42.8 Å². The van der Waals surface area contributed by atoms with Gasteiger partial charge in [-0.1, -0.05) is 51.1 Å². The lowest BCUT2D eigenvalue weighted by atomic mass is 9.86. The van der Waals surface area contributed by atoms with Crippen LogP contribution in [-0.4, -0.2) is 68.5 Å². The Bertz CT molecular complexity index is 1230. The number of aromatic nitrogens is 4. The lowest BCUT2D eigenvalue weighted by molar-refractivity contribution is -0.103. The van der Waals surface area contributed by atoms with Gasteiger partial charge in [0.1, 0.15) is 24.2 Å². The SMILES string of the molecule is CSCC(O[Si](C)(C)C(C)(C)C)(C(=O)c1ccccc1)[C@H]1O[C@@H](n2cnc3c(N)ncnc32)C[C@H]1O. The molecule has 0 saturated carbocycles. The van der Waals surface area contributed by atoms with Crippen molar-refractivity contribution in [2.24, 2.45) is 0 Å². The van der Waals surface area contributed by atoms with Crippen LogP contribution in [0.3, 0.4) is 0 Å². The minimum Gasteiger partial charge on any atom is -0.401 e. The van der Waals surface area contributed by atoms with E-state index in [-0.39, 0.29) is 23.1 Å². The van der Waals surface area contributed by atoms with Gasteiger partial charge in [-0.05, 0) is 24.4 Å². The standard InChI is InChI=1S/C25H35N5O4SSi/c1-24(2,3)36(5,6)34-25(13-35-4,20(32)16-10-8-7-9-11-16)21-17(31)12-18(33-21)30-15-29-19-22(26)27-14-28-23(19)30/h7-11,14-15,17-18,21,31H,12-13H2,1-6H3,(H2,26,27,28)/t17-,18-,21+,25?/m1/s1. The molecule has 194 valence electrons. The topological polar surface area (TPSA) is 125 Å². The lowest BCUT2D eigenvalue weighted by Gasteiger charge is -2.47. The van der Waals surface area contributed by atoms with Gasteiger partial charge < -0.3 is 20.0 Å². The number of ketones is 1. The molecule has 11 heteroatoms. The molecule has 0 radical (unpaired) electrons. The van der Waals surface area contributed by atoms with Crippen molar-refractivity contribution in [2.45, 2.75) is 69.4 Å². The molecule has 3 aromatic rings. The summed E-state index contributed by atoms with van der Waals surface area (Å²) in [6, 6.07) is 9.11. The van der Waals surface area contributed by atoms with E-state index in [1.54, 1.807) is 23.0 Å². The molecular formula is C25H35N5O4SSi. The van der Waals surface area contributed by atoms with Crippen LogP contribution in [0.15, 0.2) is 43.0 Å². The van der Waals surface area contributed by atoms with Crippen LogP contribution in [0.2, 0.25) is 18.1 Å². The summed E-state index contributed by atoms with van der Waals surface area (Å²) in [5, 5.41) is 11.2. The van der Waals surface area contributed by atoms with Gasteiger partial charge >= 0.3 is 0 Å². The molecule has 0 spiro atoms. The predicted octanol–water partition coefficient (Wildman–Crippen LogP) is 4.06. The van der Waals surface area contributed by atoms with Gasteiger partial charge in [-0.2, -0.15) is 11.8 Å². The Hall–Kier alpha value is -2.31. The third-order valence-corrected chi connectivity index (χ3v) is 12.5. The fourth-order valence-corrected chi connectivity index (χ4v) is 6.78. The van der Waals surface area contributed by atoms with Gasteiger partial charge in [-0.3, -0.25) is 9.36 Å². The number of nitrogens with two attached hydrogens (primary N) is 1. The highest BCUT2D eigenvalue weighted by molar-refractivity contribution is 7.98. The van der Waals surface area contributed by atoms with Crippen LogP contribution < -0.4 is 5.73 Å². The second-order valence-electron chi connectivity index (χ2n) is 10.8. The van der Waals surface area contributed by atoms with Crippen molar-refractivity contribution in [3.63, 3.8) is 0 Å². The van der Waals surface area contributed by atoms with E-state index < -0.39 is 32.4 Å². The van der Waals surface area contributed by atoms with Gasteiger partial charge in [-0.15, -0.1) is 0 Å². The summed E-state index contributed by atoms with van der Waals surface area (Å²) in [4.78, 5) is 26.9. The number of ether oxygens (including phenoxy) is 1. The number of aliphatic hydroxyl groups is 1. The van der Waals surface area contributed by atoms with E-state index in [0.717, 1.165) is 0 Å². The second kappa shape index (κ2) is 9.86. The fraction of sp³-hybridized carbons (Fsp3) is 0.520. The lowest BCUT2D eigenvalue weighted by Crippen LogP contribution is -2.63. The molecule has 2 aromatic heterocycles. The van der Waals surface area contributed by atoms with Crippen LogP contribution in [0.1, 0.15) is 43.8 Å². The maximum Gasteiger partial charge on any atom is 0.197 e. The number of imidazole rings is 1. The Morgan fingerprint density at radius 2 is 1.94 bits per heavy atom. The van der Waals surface area contributed by atoms with E-state index in [2.05, 4.69) is 48.8 Å². The molecule has 0 aliphatic carbocycles. The van der Waals surface area contributed by atoms with Crippen LogP contribution in [0, 0.1) is 0 Å². The minimum absolute atomic E-state index is 0.161. The van der Waals surface area contributed by atoms with Gasteiger partial charge in [0.25, 0.3) is 0 Å². The van der Waals surface area contributed by atoms with Gasteiger partial charge in [0.2, 0.25) is 0 Å². The molecule has 1 fully saturated rings. The van der Waals surface area contributed by atoms with Crippen molar-refractivity contribution in [1.82, 2.24) is 19.5 Å². The van der Waals surface area contributed by atoms with Crippen LogP contribution in [0.5, 0.6) is 0 Å². The zero-order chi connectivity index (χ0) is 26.3. The number of aliphatic hydroxyl groups excluding tert-OH is 1. The largest absolute Gasteiger partial charge is 0.401 e. The molecule has 0 amide bonds. The van der Waals surface area contributed by atoms with Crippen molar-refractivity contribution in [3.8, 4) is 0 Å². The molecule has 1 aromatic carbocycles. The number of hydrogen-bond acceptors (Lipinski definition) is 9. The van der Waals surface area contributed by atoms with E-state index in [4.69, 9.17) is 14.9 Å². The number of fused-ring (bicyclic) bond motifs is 1. The highest BCUT2D eigenvalue weighted by Gasteiger charge is 2.58. The summed E-state index contributed by atoms with van der Waals surface area (Å²) >= 11 is 1.50. The summed E-state index contributed by atoms with van der Waals surface area (Å²) in [7, 11) is -2.49. The number of rotatable bonds is 8. The molecule has 1 aliphatic heterocycles. The molecule has 9 nitrogen and oxygen atoms in total. The number of hydrogen-bond donors (Lipinski definition) is 2. The summed E-state index contributed by atoms with van der Waals surface area (Å²) in [5.74, 6) is 0.418. The first-order valence-corrected chi connectivity index (χ1v) is 16.3. The van der Waals surface area contributed by atoms with Gasteiger partial charge in [0.05, 0.1) is 12.4 Å². The number of anilines is 1. The molecule has 1 saturated heterocycles. The van der Waals surface area contributed by atoms with Gasteiger partial charge in [0.15, 0.2) is 31.2 Å². The number of Topliss-reactive ketones (excluding diaryl/α,β-unsaturated/α-hetero) is 1. The molecule has 1 aliphatic rings. The number of carbonyl (C=O) groups excluding carboxylic acids is 1. The molecule has 1 unspecified atom stereocenters. The Balaban J connectivity index is 1.80. The first kappa shape index (κ1) is 26.7. The van der Waals surface area contributed by atoms with Gasteiger partial charge in [-0.25, -0.2) is 15.0 Å². The highest BCUT2D eigenvalue weighted by atomic mass is 32.2. The van der Waals surface area contributed by atoms with E-state index in [1.165, 1.54) is 18.1 Å². The molecule has 4 atom stereocenters. The molecule has 36 heavy (non-hydrogen) atoms. The maximum absolute atomic E-state index is 14.3. The average molecular weight is 530 g/mol. The zero-order valence-electron chi connectivity index (χ0n) is 21.6. The zero-order valence-corrected chi connectivity index (χ0v) is 23.5. The number of nitrogen functional groups attached to an aromatic ring is 1. The number of thioether (sulfide) groups is 1. The summed E-state index contributed by atoms with van der Waals surface area (Å²) in [6.45, 7) is 10.6. The van der Waals surface area contributed by atoms with Crippen molar-refractivity contribution < 1.29 is 19.1 Å². The number of benzene rings is 1. The maximum atomic E-state index is 14.3. The Morgan fingerprint density at radius 1 is 1.25 bits per heavy atom. The summed E-state index contributed by atoms with van der Waals surface area (Å²) < 4.78 is 15.2. The summed E-state index contributed by atoms with van der Waals surface area (Å²) in [5.41, 5.74) is 6.08. The van der Waals surface area contributed by atoms with E-state index in [1.807, 2.05) is 24.5 Å². The Morgan fingerprint density at radius 3 is 2.58 bits per heavy atom. The Labute approximate surface area is 217 Å². The normalized spacial score (nSPS) is 22.6. The highest BCUT2D eigenvalue weighted by Crippen LogP contribution is 2.46. The van der Waals surface area contributed by atoms with Crippen molar-refractivity contribution in [2.75, 3.05) is 17.7 Å². The molecule has 4 rings (SSSR count). The number of nitrogens with zero attached hydrogens (tertiary/aromatic N) is 4. The predicted molar refractivity (Wildman–Crippen MR) is 144 cm³/mol. The third-order valence-electron chi connectivity index (χ3n) is 7.28. The Kier molecular flexibility index (Phi) is 7.33. The second-order valence-corrected chi connectivity index (χ2v) is 16.4. The third kappa shape index (κ3) is 4.70. The smallest absolute Gasteiger partial charge is 0.197 e. The molecule has 3 heterocycles. The fourth-order valence-electron chi connectivity index (χ4n) is 4.39. The molecular weight excluding hydrogens is 494 g/mol. The van der Waals surface area contributed by atoms with E-state index >= 15 is 0 Å². The summed E-state index contributed by atoms with van der Waals surface area (Å²) in [6.07, 6.45) is 2.69. The van der Waals surface area contributed by atoms with Crippen molar-refractivity contribution in [1.29, 1.82) is 0 Å². The van der Waals surface area contributed by atoms with E-state index in [0.29, 0.717) is 22.5 Å². The van der Waals surface area contributed by atoms with Gasteiger partial charge in [0, 0.05) is 17.7 Å². The monoisotopic (exact) mass is 529 g/mol. The minimum atomic E-state index is -2.49. The van der Waals surface area contributed by atoms with Crippen LogP contribution in [0.25, 0.3) is 11.2 Å². The molecule has 0 bridgehead atoms. The van der Waals surface area contributed by atoms with Crippen molar-refractivity contribution in [3.05, 3.63) is 48.5 Å². The number of carbonyl (C=O) groups is 1. The van der Waals surface area contributed by atoms with E-state index in [9.17, 15) is 9.90 Å². The first-order valence-electron chi connectivity index (χ1n) is 12.0. The first-order chi connectivity index (χ1) is 16.9. The molecule has 3 N–H and O–H groups in total. The van der Waals surface area contributed by atoms with Crippen LogP contribution in [0.4, 0.5) is 5.82 Å². The van der Waals surface area contributed by atoms with Crippen LogP contribution in [-0.2, 0) is 9.16 Å².